The highest BCUT2D eigenvalue weighted by molar-refractivity contribution is 5.18. The highest BCUT2D eigenvalue weighted by Gasteiger charge is 2.33. The van der Waals surface area contributed by atoms with Gasteiger partial charge in [-0.1, -0.05) is 61.2 Å². The summed E-state index contributed by atoms with van der Waals surface area (Å²) in [5, 5.41) is 4.14. The minimum atomic E-state index is -0.394. The Morgan fingerprint density at radius 3 is 2.45 bits per heavy atom. The van der Waals surface area contributed by atoms with Gasteiger partial charge in [-0.25, -0.2) is 0 Å². The molecule has 1 aromatic heterocycles. The van der Waals surface area contributed by atoms with E-state index in [0.29, 0.717) is 18.1 Å². The van der Waals surface area contributed by atoms with Gasteiger partial charge >= 0.3 is 0 Å². The standard InChI is InChI=1S/C16H21N3O/c17-16(10-6-1-2-7-11-16)15-18-14(20-19-15)12-13-8-4-3-5-9-13/h3-5,8-9H,1-2,6-7,10-12,17H2. The summed E-state index contributed by atoms with van der Waals surface area (Å²) in [5.41, 5.74) is 7.28. The van der Waals surface area contributed by atoms with Crippen LogP contribution in [-0.4, -0.2) is 10.1 Å². The maximum atomic E-state index is 6.50. The predicted molar refractivity (Wildman–Crippen MR) is 77.1 cm³/mol. The van der Waals surface area contributed by atoms with Crippen LogP contribution in [-0.2, 0) is 12.0 Å². The number of rotatable bonds is 3. The normalized spacial score (nSPS) is 18.6. The predicted octanol–water partition coefficient (Wildman–Crippen LogP) is 3.17. The zero-order chi connectivity index (χ0) is 13.8. The summed E-state index contributed by atoms with van der Waals surface area (Å²) in [4.78, 5) is 4.54. The first kappa shape index (κ1) is 13.3. The number of nitrogens with zero attached hydrogens (tertiary/aromatic N) is 2. The van der Waals surface area contributed by atoms with Crippen molar-refractivity contribution in [3.05, 3.63) is 47.6 Å². The molecule has 1 aliphatic carbocycles. The Morgan fingerprint density at radius 2 is 1.75 bits per heavy atom. The quantitative estimate of drug-likeness (QED) is 0.871. The fourth-order valence-electron chi connectivity index (χ4n) is 2.88. The molecule has 2 aromatic rings. The summed E-state index contributed by atoms with van der Waals surface area (Å²) in [6, 6.07) is 10.2. The summed E-state index contributed by atoms with van der Waals surface area (Å²) in [6.07, 6.45) is 7.40. The van der Waals surface area contributed by atoms with Crippen molar-refractivity contribution in [3.63, 3.8) is 0 Å². The molecule has 0 bridgehead atoms. The van der Waals surface area contributed by atoms with Crippen molar-refractivity contribution in [1.82, 2.24) is 10.1 Å². The van der Waals surface area contributed by atoms with Crippen LogP contribution in [0.15, 0.2) is 34.9 Å². The first-order chi connectivity index (χ1) is 9.76. The molecule has 0 spiro atoms. The van der Waals surface area contributed by atoms with Gasteiger partial charge in [-0.3, -0.25) is 0 Å². The molecule has 4 nitrogen and oxygen atoms in total. The molecule has 1 saturated carbocycles. The zero-order valence-electron chi connectivity index (χ0n) is 11.7. The Hall–Kier alpha value is -1.68. The van der Waals surface area contributed by atoms with Crippen molar-refractivity contribution >= 4 is 0 Å². The van der Waals surface area contributed by atoms with E-state index in [-0.39, 0.29) is 0 Å². The van der Waals surface area contributed by atoms with Crippen LogP contribution in [0.3, 0.4) is 0 Å². The molecule has 0 unspecified atom stereocenters. The molecule has 0 saturated heterocycles. The van der Waals surface area contributed by atoms with E-state index in [4.69, 9.17) is 10.3 Å². The largest absolute Gasteiger partial charge is 0.339 e. The van der Waals surface area contributed by atoms with Gasteiger partial charge in [-0.15, -0.1) is 0 Å². The van der Waals surface area contributed by atoms with Crippen LogP contribution in [0.4, 0.5) is 0 Å². The van der Waals surface area contributed by atoms with Crippen molar-refractivity contribution in [2.45, 2.75) is 50.5 Å². The molecule has 0 amide bonds. The summed E-state index contributed by atoms with van der Waals surface area (Å²) in [7, 11) is 0. The lowest BCUT2D eigenvalue weighted by molar-refractivity contribution is 0.326. The molecule has 1 heterocycles. The van der Waals surface area contributed by atoms with Crippen molar-refractivity contribution in [2.24, 2.45) is 5.73 Å². The molecule has 0 radical (unpaired) electrons. The van der Waals surface area contributed by atoms with Gasteiger partial charge in [0.15, 0.2) is 5.82 Å². The second-order valence-electron chi connectivity index (χ2n) is 5.74. The lowest BCUT2D eigenvalue weighted by Crippen LogP contribution is -2.37. The number of aromatic nitrogens is 2. The van der Waals surface area contributed by atoms with E-state index in [1.807, 2.05) is 18.2 Å². The van der Waals surface area contributed by atoms with E-state index in [2.05, 4.69) is 22.3 Å². The third kappa shape index (κ3) is 2.90. The highest BCUT2D eigenvalue weighted by atomic mass is 16.5. The van der Waals surface area contributed by atoms with Gasteiger partial charge in [0, 0.05) is 0 Å². The third-order valence-corrected chi connectivity index (χ3v) is 4.11. The maximum Gasteiger partial charge on any atom is 0.231 e. The van der Waals surface area contributed by atoms with Gasteiger partial charge in [0.05, 0.1) is 12.0 Å². The van der Waals surface area contributed by atoms with Crippen molar-refractivity contribution < 1.29 is 4.52 Å². The molecular weight excluding hydrogens is 250 g/mol. The summed E-state index contributed by atoms with van der Waals surface area (Å²) in [5.74, 6) is 1.34. The van der Waals surface area contributed by atoms with Crippen molar-refractivity contribution in [2.75, 3.05) is 0 Å². The molecule has 0 aliphatic heterocycles. The lowest BCUT2D eigenvalue weighted by Gasteiger charge is -2.23. The van der Waals surface area contributed by atoms with Gasteiger partial charge in [0.25, 0.3) is 0 Å². The van der Waals surface area contributed by atoms with E-state index in [1.165, 1.54) is 18.4 Å². The van der Waals surface area contributed by atoms with Gasteiger partial charge < -0.3 is 10.3 Å². The van der Waals surface area contributed by atoms with Crippen LogP contribution < -0.4 is 5.73 Å². The summed E-state index contributed by atoms with van der Waals surface area (Å²) < 4.78 is 5.39. The smallest absolute Gasteiger partial charge is 0.231 e. The molecule has 106 valence electrons. The molecular formula is C16H21N3O. The Morgan fingerprint density at radius 1 is 1.05 bits per heavy atom. The van der Waals surface area contributed by atoms with E-state index in [1.54, 1.807) is 0 Å². The minimum Gasteiger partial charge on any atom is -0.339 e. The number of nitrogens with two attached hydrogens (primary N) is 1. The number of benzene rings is 1. The second-order valence-corrected chi connectivity index (χ2v) is 5.74. The van der Waals surface area contributed by atoms with Gasteiger partial charge in [0.2, 0.25) is 5.89 Å². The van der Waals surface area contributed by atoms with E-state index in [9.17, 15) is 0 Å². The molecule has 1 fully saturated rings. The summed E-state index contributed by atoms with van der Waals surface area (Å²) >= 11 is 0. The average molecular weight is 271 g/mol. The first-order valence-electron chi connectivity index (χ1n) is 7.42. The number of hydrogen-bond acceptors (Lipinski definition) is 4. The molecule has 20 heavy (non-hydrogen) atoms. The Kier molecular flexibility index (Phi) is 3.83. The van der Waals surface area contributed by atoms with E-state index in [0.717, 1.165) is 25.7 Å². The fraction of sp³-hybridized carbons (Fsp3) is 0.500. The van der Waals surface area contributed by atoms with Gasteiger partial charge in [-0.2, -0.15) is 4.98 Å². The summed E-state index contributed by atoms with van der Waals surface area (Å²) in [6.45, 7) is 0. The second kappa shape index (κ2) is 5.75. The Bertz CT molecular complexity index is 542. The SMILES string of the molecule is NC1(c2noc(Cc3ccccc3)n2)CCCCCC1. The topological polar surface area (TPSA) is 64.9 Å². The third-order valence-electron chi connectivity index (χ3n) is 4.11. The molecule has 1 aromatic carbocycles. The molecule has 2 N–H and O–H groups in total. The molecule has 3 rings (SSSR count). The maximum absolute atomic E-state index is 6.50. The minimum absolute atomic E-state index is 0.394. The van der Waals surface area contributed by atoms with Crippen LogP contribution in [0.2, 0.25) is 0 Å². The number of hydrogen-bond donors (Lipinski definition) is 1. The van der Waals surface area contributed by atoms with E-state index < -0.39 is 5.54 Å². The Balaban J connectivity index is 1.76. The van der Waals surface area contributed by atoms with Crippen LogP contribution in [0.25, 0.3) is 0 Å². The Labute approximate surface area is 119 Å². The molecule has 0 atom stereocenters. The lowest BCUT2D eigenvalue weighted by atomic mass is 9.91. The molecule has 1 aliphatic rings. The zero-order valence-corrected chi connectivity index (χ0v) is 11.7. The van der Waals surface area contributed by atoms with Crippen LogP contribution in [0.5, 0.6) is 0 Å². The first-order valence-corrected chi connectivity index (χ1v) is 7.42. The average Bonchev–Trinajstić information content (AvgIpc) is 2.82. The van der Waals surface area contributed by atoms with Crippen LogP contribution in [0, 0.1) is 0 Å². The van der Waals surface area contributed by atoms with Crippen molar-refractivity contribution in [3.8, 4) is 0 Å². The molecule has 4 heteroatoms. The van der Waals surface area contributed by atoms with Gasteiger partial charge in [0.1, 0.15) is 0 Å². The fourth-order valence-corrected chi connectivity index (χ4v) is 2.88. The van der Waals surface area contributed by atoms with Gasteiger partial charge in [-0.05, 0) is 18.4 Å². The van der Waals surface area contributed by atoms with Crippen LogP contribution in [0.1, 0.15) is 55.8 Å². The van der Waals surface area contributed by atoms with Crippen LogP contribution >= 0.6 is 0 Å². The monoisotopic (exact) mass is 271 g/mol. The van der Waals surface area contributed by atoms with E-state index >= 15 is 0 Å². The highest BCUT2D eigenvalue weighted by Crippen LogP contribution is 2.32. The van der Waals surface area contributed by atoms with Crippen molar-refractivity contribution in [1.29, 1.82) is 0 Å².